The van der Waals surface area contributed by atoms with Crippen LogP contribution in [0, 0.1) is 0 Å². The lowest BCUT2D eigenvalue weighted by molar-refractivity contribution is -0.116. The summed E-state index contributed by atoms with van der Waals surface area (Å²) < 4.78 is 11.5. The number of furan rings is 1. The fourth-order valence-electron chi connectivity index (χ4n) is 2.54. The Morgan fingerprint density at radius 3 is 2.81 bits per heavy atom. The highest BCUT2D eigenvalue weighted by atomic mass is 16.5. The van der Waals surface area contributed by atoms with Gasteiger partial charge in [-0.25, -0.2) is 4.68 Å². The van der Waals surface area contributed by atoms with Crippen LogP contribution in [0.4, 0.5) is 0 Å². The maximum absolute atomic E-state index is 12.5. The second-order valence-electron chi connectivity index (χ2n) is 5.58. The zero-order chi connectivity index (χ0) is 18.4. The molecule has 0 aliphatic carbocycles. The average molecular weight is 353 g/mol. The van der Waals surface area contributed by atoms with Gasteiger partial charge in [0.2, 0.25) is 5.91 Å². The maximum atomic E-state index is 12.5. The van der Waals surface area contributed by atoms with Crippen LogP contribution in [0.15, 0.2) is 57.9 Å². The highest BCUT2D eigenvalue weighted by Crippen LogP contribution is 2.13. The zero-order valence-electron chi connectivity index (χ0n) is 14.3. The number of aromatic nitrogens is 2. The number of carbonyl (C=O) groups excluding carboxylic acids is 1. The van der Waals surface area contributed by atoms with E-state index in [9.17, 15) is 9.59 Å². The molecule has 3 aromatic rings. The Kier molecular flexibility index (Phi) is 5.60. The summed E-state index contributed by atoms with van der Waals surface area (Å²) in [4.78, 5) is 24.5. The first-order chi connectivity index (χ1) is 12.7. The quantitative estimate of drug-likeness (QED) is 0.656. The molecule has 0 saturated carbocycles. The van der Waals surface area contributed by atoms with Crippen molar-refractivity contribution in [3.63, 3.8) is 0 Å². The molecule has 0 saturated heterocycles. The van der Waals surface area contributed by atoms with Crippen molar-refractivity contribution < 1.29 is 13.9 Å². The Balaban J connectivity index is 1.81. The van der Waals surface area contributed by atoms with Crippen molar-refractivity contribution in [1.29, 1.82) is 0 Å². The van der Waals surface area contributed by atoms with Crippen molar-refractivity contribution in [3.05, 3.63) is 70.5 Å². The summed E-state index contributed by atoms with van der Waals surface area (Å²) in [6.07, 6.45) is 4.51. The van der Waals surface area contributed by atoms with E-state index < -0.39 is 0 Å². The number of hydrogen-bond donors (Lipinski definition) is 1. The zero-order valence-corrected chi connectivity index (χ0v) is 14.3. The van der Waals surface area contributed by atoms with Crippen molar-refractivity contribution in [2.75, 3.05) is 13.7 Å². The third kappa shape index (κ3) is 4.07. The number of nitrogens with zero attached hydrogens (tertiary/aromatic N) is 2. The molecule has 2 aromatic heterocycles. The van der Waals surface area contributed by atoms with Crippen LogP contribution >= 0.6 is 0 Å². The highest BCUT2D eigenvalue weighted by Gasteiger charge is 2.10. The molecule has 0 radical (unpaired) electrons. The Morgan fingerprint density at radius 1 is 1.27 bits per heavy atom. The van der Waals surface area contributed by atoms with Crippen LogP contribution < -0.4 is 10.9 Å². The van der Waals surface area contributed by atoms with Gasteiger partial charge in [0.1, 0.15) is 5.76 Å². The normalized spacial score (nSPS) is 11.3. The molecule has 0 spiro atoms. The minimum atomic E-state index is -0.276. The lowest BCUT2D eigenvalue weighted by Gasteiger charge is -2.11. The number of benzene rings is 1. The molecule has 7 heteroatoms. The number of amides is 1. The number of carbonyl (C=O) groups is 1. The van der Waals surface area contributed by atoms with Crippen LogP contribution in [-0.4, -0.2) is 29.4 Å². The smallest absolute Gasteiger partial charge is 0.274 e. The van der Waals surface area contributed by atoms with Gasteiger partial charge in [-0.05, 0) is 24.3 Å². The topological polar surface area (TPSA) is 86.4 Å². The molecular formula is C19H19N3O4. The van der Waals surface area contributed by atoms with Crippen LogP contribution in [0.1, 0.15) is 11.5 Å². The van der Waals surface area contributed by atoms with Gasteiger partial charge in [0.25, 0.3) is 5.56 Å². The maximum Gasteiger partial charge on any atom is 0.274 e. The first kappa shape index (κ1) is 17.6. The lowest BCUT2D eigenvalue weighted by atomic mass is 10.1. The van der Waals surface area contributed by atoms with E-state index in [0.29, 0.717) is 30.0 Å². The van der Waals surface area contributed by atoms with Gasteiger partial charge >= 0.3 is 0 Å². The number of methoxy groups -OCH3 is 1. The van der Waals surface area contributed by atoms with Crippen LogP contribution in [0.5, 0.6) is 0 Å². The average Bonchev–Trinajstić information content (AvgIpc) is 3.19. The standard InChI is InChI=1S/C19H19N3O4/c1-25-12-10-22-19(24)16-7-3-2-6-15(16)17(21-22)13-20-18(23)9-8-14-5-4-11-26-14/h2-9,11H,10,12-13H2,1H3,(H,20,23)/b9-8+. The molecule has 134 valence electrons. The third-order valence-corrected chi connectivity index (χ3v) is 3.82. The molecule has 1 aromatic carbocycles. The van der Waals surface area contributed by atoms with Gasteiger partial charge in [-0.2, -0.15) is 5.10 Å². The molecule has 7 nitrogen and oxygen atoms in total. The Bertz CT molecular complexity index is 974. The number of nitrogens with one attached hydrogen (secondary N) is 1. The summed E-state index contributed by atoms with van der Waals surface area (Å²) in [6, 6.07) is 10.7. The van der Waals surface area contributed by atoms with E-state index in [1.54, 1.807) is 37.5 Å². The largest absolute Gasteiger partial charge is 0.465 e. The predicted molar refractivity (Wildman–Crippen MR) is 97.5 cm³/mol. The minimum Gasteiger partial charge on any atom is -0.465 e. The number of fused-ring (bicyclic) bond motifs is 1. The molecule has 1 amide bonds. The first-order valence-corrected chi connectivity index (χ1v) is 8.16. The van der Waals surface area contributed by atoms with Crippen LogP contribution in [0.3, 0.4) is 0 Å². The molecule has 0 fully saturated rings. The van der Waals surface area contributed by atoms with Crippen LogP contribution in [0.25, 0.3) is 16.8 Å². The number of ether oxygens (including phenoxy) is 1. The molecular weight excluding hydrogens is 334 g/mol. The molecule has 26 heavy (non-hydrogen) atoms. The van der Waals surface area contributed by atoms with Gasteiger partial charge in [0.15, 0.2) is 0 Å². The third-order valence-electron chi connectivity index (χ3n) is 3.82. The fourth-order valence-corrected chi connectivity index (χ4v) is 2.54. The summed E-state index contributed by atoms with van der Waals surface area (Å²) in [5.74, 6) is 0.318. The molecule has 1 N–H and O–H groups in total. The molecule has 2 heterocycles. The monoisotopic (exact) mass is 353 g/mol. The van der Waals surface area contributed by atoms with Crippen LogP contribution in [0.2, 0.25) is 0 Å². The number of hydrogen-bond acceptors (Lipinski definition) is 5. The van der Waals surface area contributed by atoms with Gasteiger partial charge in [0, 0.05) is 18.6 Å². The summed E-state index contributed by atoms with van der Waals surface area (Å²) in [5.41, 5.74) is 0.446. The summed E-state index contributed by atoms with van der Waals surface area (Å²) in [7, 11) is 1.57. The first-order valence-electron chi connectivity index (χ1n) is 8.16. The van der Waals surface area contributed by atoms with E-state index in [-0.39, 0.29) is 18.0 Å². The highest BCUT2D eigenvalue weighted by molar-refractivity contribution is 5.91. The second-order valence-corrected chi connectivity index (χ2v) is 5.58. The lowest BCUT2D eigenvalue weighted by Crippen LogP contribution is -2.29. The summed E-state index contributed by atoms with van der Waals surface area (Å²) in [5, 5.41) is 8.45. The van der Waals surface area contributed by atoms with E-state index in [4.69, 9.17) is 9.15 Å². The van der Waals surface area contributed by atoms with Gasteiger partial charge in [0.05, 0.1) is 37.0 Å². The predicted octanol–water partition coefficient (Wildman–Crippen LogP) is 1.97. The van der Waals surface area contributed by atoms with Crippen molar-refractivity contribution >= 4 is 22.8 Å². The van der Waals surface area contributed by atoms with Gasteiger partial charge in [-0.3, -0.25) is 9.59 Å². The Hall–Kier alpha value is -3.19. The minimum absolute atomic E-state index is 0.176. The van der Waals surface area contributed by atoms with Gasteiger partial charge in [-0.15, -0.1) is 0 Å². The Labute approximate surface area is 149 Å². The van der Waals surface area contributed by atoms with E-state index in [2.05, 4.69) is 10.4 Å². The van der Waals surface area contributed by atoms with E-state index in [1.165, 1.54) is 17.0 Å². The van der Waals surface area contributed by atoms with Crippen molar-refractivity contribution in [2.24, 2.45) is 0 Å². The molecule has 0 bridgehead atoms. The van der Waals surface area contributed by atoms with Crippen LogP contribution in [-0.2, 0) is 22.6 Å². The molecule has 3 rings (SSSR count). The molecule has 0 aliphatic rings. The fraction of sp³-hybridized carbons (Fsp3) is 0.211. The molecule has 0 aliphatic heterocycles. The summed E-state index contributed by atoms with van der Waals surface area (Å²) >= 11 is 0. The van der Waals surface area contributed by atoms with E-state index >= 15 is 0 Å². The van der Waals surface area contributed by atoms with E-state index in [1.807, 2.05) is 12.1 Å². The van der Waals surface area contributed by atoms with Gasteiger partial charge in [-0.1, -0.05) is 18.2 Å². The SMILES string of the molecule is COCCn1nc(CNC(=O)/C=C/c2ccco2)c2ccccc2c1=O. The summed E-state index contributed by atoms with van der Waals surface area (Å²) in [6.45, 7) is 0.928. The molecule has 0 unspecified atom stereocenters. The van der Waals surface area contributed by atoms with E-state index in [0.717, 1.165) is 5.39 Å². The van der Waals surface area contributed by atoms with Gasteiger partial charge < -0.3 is 14.5 Å². The molecule has 0 atom stereocenters. The number of rotatable bonds is 7. The van der Waals surface area contributed by atoms with Crippen molar-refractivity contribution in [2.45, 2.75) is 13.1 Å². The van der Waals surface area contributed by atoms with Crippen molar-refractivity contribution in [3.8, 4) is 0 Å². The van der Waals surface area contributed by atoms with Crippen molar-refractivity contribution in [1.82, 2.24) is 15.1 Å². The Morgan fingerprint density at radius 2 is 2.08 bits per heavy atom. The second kappa shape index (κ2) is 8.26.